The molecule has 0 bridgehead atoms. The Morgan fingerprint density at radius 3 is 2.73 bits per heavy atom. The summed E-state index contributed by atoms with van der Waals surface area (Å²) in [6, 6.07) is 10.7. The number of fused-ring (bicyclic) bond motifs is 1. The summed E-state index contributed by atoms with van der Waals surface area (Å²) in [7, 11) is -3.82. The van der Waals surface area contributed by atoms with Crippen molar-refractivity contribution in [2.75, 3.05) is 4.72 Å². The Balaban J connectivity index is 2.00. The first-order chi connectivity index (χ1) is 10.5. The molecule has 0 saturated heterocycles. The quantitative estimate of drug-likeness (QED) is 0.853. The molecule has 7 heteroatoms. The molecule has 0 fully saturated rings. The fraction of sp³-hybridized carbons (Fsp3) is 0.0667. The van der Waals surface area contributed by atoms with Gasteiger partial charge in [-0.1, -0.05) is 18.2 Å². The maximum Gasteiger partial charge on any atom is 0.260 e. The SMILES string of the molecule is [C-]#[N+]c1cccc(S(=O)(=O)Nc2cccc3c2CNC3=O)c1. The number of hydrogen-bond acceptors (Lipinski definition) is 3. The molecule has 0 unspecified atom stereocenters. The molecule has 6 nitrogen and oxygen atoms in total. The molecule has 0 radical (unpaired) electrons. The molecule has 1 heterocycles. The summed E-state index contributed by atoms with van der Waals surface area (Å²) in [5, 5.41) is 2.66. The van der Waals surface area contributed by atoms with Gasteiger partial charge in [-0.15, -0.1) is 0 Å². The molecule has 1 amide bonds. The molecule has 110 valence electrons. The highest BCUT2D eigenvalue weighted by atomic mass is 32.2. The number of anilines is 1. The number of benzene rings is 2. The number of nitrogens with one attached hydrogen (secondary N) is 2. The van der Waals surface area contributed by atoms with Gasteiger partial charge in [-0.2, -0.15) is 0 Å². The Bertz CT molecular complexity index is 914. The molecule has 2 aromatic carbocycles. The van der Waals surface area contributed by atoms with Crippen LogP contribution in [0.1, 0.15) is 15.9 Å². The topological polar surface area (TPSA) is 79.6 Å². The van der Waals surface area contributed by atoms with Gasteiger partial charge in [-0.25, -0.2) is 13.3 Å². The molecule has 0 atom stereocenters. The predicted molar refractivity (Wildman–Crippen MR) is 81.1 cm³/mol. The average Bonchev–Trinajstić information content (AvgIpc) is 2.90. The van der Waals surface area contributed by atoms with E-state index in [0.29, 0.717) is 16.8 Å². The van der Waals surface area contributed by atoms with Crippen LogP contribution in [-0.2, 0) is 16.6 Å². The predicted octanol–water partition coefficient (Wildman–Crippen LogP) is 2.28. The zero-order chi connectivity index (χ0) is 15.7. The fourth-order valence-corrected chi connectivity index (χ4v) is 3.41. The zero-order valence-electron chi connectivity index (χ0n) is 11.3. The monoisotopic (exact) mass is 313 g/mol. The van der Waals surface area contributed by atoms with Crippen LogP contribution in [0.2, 0.25) is 0 Å². The van der Waals surface area contributed by atoms with Crippen LogP contribution >= 0.6 is 0 Å². The van der Waals surface area contributed by atoms with Gasteiger partial charge in [0.25, 0.3) is 15.9 Å². The fourth-order valence-electron chi connectivity index (χ4n) is 2.27. The van der Waals surface area contributed by atoms with Crippen molar-refractivity contribution in [3.05, 3.63) is 65.0 Å². The summed E-state index contributed by atoms with van der Waals surface area (Å²) >= 11 is 0. The van der Waals surface area contributed by atoms with E-state index in [-0.39, 0.29) is 23.0 Å². The Morgan fingerprint density at radius 2 is 1.95 bits per heavy atom. The Kier molecular flexibility index (Phi) is 3.31. The number of sulfonamides is 1. The molecule has 0 aromatic heterocycles. The Hall–Kier alpha value is -2.85. The van der Waals surface area contributed by atoms with Crippen molar-refractivity contribution < 1.29 is 13.2 Å². The van der Waals surface area contributed by atoms with Crippen LogP contribution in [0, 0.1) is 6.57 Å². The van der Waals surface area contributed by atoms with Crippen LogP contribution in [0.15, 0.2) is 47.4 Å². The molecule has 1 aliphatic rings. The number of nitrogens with zero attached hydrogens (tertiary/aromatic N) is 1. The van der Waals surface area contributed by atoms with Gasteiger partial charge >= 0.3 is 0 Å². The number of rotatable bonds is 3. The Morgan fingerprint density at radius 1 is 1.18 bits per heavy atom. The van der Waals surface area contributed by atoms with Gasteiger partial charge in [-0.3, -0.25) is 9.52 Å². The van der Waals surface area contributed by atoms with E-state index in [1.807, 2.05) is 0 Å². The van der Waals surface area contributed by atoms with Crippen molar-refractivity contribution in [2.45, 2.75) is 11.4 Å². The van der Waals surface area contributed by atoms with Crippen LogP contribution < -0.4 is 10.0 Å². The van der Waals surface area contributed by atoms with Gasteiger partial charge in [0.15, 0.2) is 5.69 Å². The van der Waals surface area contributed by atoms with Crippen LogP contribution in [0.25, 0.3) is 4.85 Å². The smallest absolute Gasteiger partial charge is 0.260 e. The summed E-state index contributed by atoms with van der Waals surface area (Å²) in [4.78, 5) is 14.8. The lowest BCUT2D eigenvalue weighted by Gasteiger charge is -2.11. The van der Waals surface area contributed by atoms with Crippen LogP contribution in [0.5, 0.6) is 0 Å². The molecule has 0 aliphatic carbocycles. The number of carbonyl (C=O) groups excluding carboxylic acids is 1. The van der Waals surface area contributed by atoms with E-state index in [1.165, 1.54) is 24.3 Å². The van der Waals surface area contributed by atoms with E-state index < -0.39 is 10.0 Å². The highest BCUT2D eigenvalue weighted by Gasteiger charge is 2.24. The van der Waals surface area contributed by atoms with Gasteiger partial charge in [0.05, 0.1) is 17.2 Å². The third-order valence-corrected chi connectivity index (χ3v) is 4.71. The molecule has 0 spiro atoms. The van der Waals surface area contributed by atoms with Gasteiger partial charge in [0.1, 0.15) is 0 Å². The van der Waals surface area contributed by atoms with E-state index in [9.17, 15) is 13.2 Å². The van der Waals surface area contributed by atoms with E-state index >= 15 is 0 Å². The molecule has 0 saturated carbocycles. The maximum absolute atomic E-state index is 12.4. The minimum Gasteiger partial charge on any atom is -0.348 e. The molecule has 1 aliphatic heterocycles. The van der Waals surface area contributed by atoms with E-state index in [0.717, 1.165) is 0 Å². The van der Waals surface area contributed by atoms with Gasteiger partial charge in [-0.05, 0) is 24.3 Å². The molecule has 2 aromatic rings. The second-order valence-corrected chi connectivity index (χ2v) is 6.41. The van der Waals surface area contributed by atoms with E-state index in [2.05, 4.69) is 14.9 Å². The highest BCUT2D eigenvalue weighted by Crippen LogP contribution is 2.27. The van der Waals surface area contributed by atoms with Gasteiger partial charge in [0.2, 0.25) is 0 Å². The van der Waals surface area contributed by atoms with Crippen molar-refractivity contribution >= 4 is 27.3 Å². The zero-order valence-corrected chi connectivity index (χ0v) is 12.1. The minimum atomic E-state index is -3.82. The van der Waals surface area contributed by atoms with Crippen LogP contribution in [-0.4, -0.2) is 14.3 Å². The van der Waals surface area contributed by atoms with Crippen molar-refractivity contribution in [3.63, 3.8) is 0 Å². The first-order valence-electron chi connectivity index (χ1n) is 6.42. The highest BCUT2D eigenvalue weighted by molar-refractivity contribution is 7.92. The van der Waals surface area contributed by atoms with Gasteiger partial charge < -0.3 is 5.32 Å². The molecular formula is C15H11N3O3S. The van der Waals surface area contributed by atoms with Gasteiger partial charge in [0, 0.05) is 17.7 Å². The summed E-state index contributed by atoms with van der Waals surface area (Å²) in [6.07, 6.45) is 0. The lowest BCUT2D eigenvalue weighted by molar-refractivity contribution is 0.0965. The third kappa shape index (κ3) is 2.40. The van der Waals surface area contributed by atoms with E-state index in [1.54, 1.807) is 18.2 Å². The summed E-state index contributed by atoms with van der Waals surface area (Å²) < 4.78 is 27.3. The minimum absolute atomic E-state index is 0.0101. The average molecular weight is 313 g/mol. The molecule has 22 heavy (non-hydrogen) atoms. The first kappa shape index (κ1) is 14.1. The lowest BCUT2D eigenvalue weighted by Crippen LogP contribution is -2.14. The van der Waals surface area contributed by atoms with Crippen molar-refractivity contribution in [2.24, 2.45) is 0 Å². The van der Waals surface area contributed by atoms with Crippen molar-refractivity contribution in [1.29, 1.82) is 0 Å². The maximum atomic E-state index is 12.4. The molecule has 2 N–H and O–H groups in total. The molecular weight excluding hydrogens is 302 g/mol. The summed E-state index contributed by atoms with van der Waals surface area (Å²) in [6.45, 7) is 7.24. The standard InChI is InChI=1S/C15H11N3O3S/c1-16-10-4-2-5-11(8-10)22(20,21)18-14-7-3-6-12-13(14)9-17-15(12)19/h2-8,18H,9H2,(H,17,19). The van der Waals surface area contributed by atoms with E-state index in [4.69, 9.17) is 6.57 Å². The lowest BCUT2D eigenvalue weighted by atomic mass is 10.1. The van der Waals surface area contributed by atoms with Crippen molar-refractivity contribution in [3.8, 4) is 0 Å². The second kappa shape index (κ2) is 5.16. The third-order valence-electron chi connectivity index (χ3n) is 3.35. The summed E-state index contributed by atoms with van der Waals surface area (Å²) in [5.41, 5.74) is 1.70. The van der Waals surface area contributed by atoms with Crippen LogP contribution in [0.4, 0.5) is 11.4 Å². The Labute approximate surface area is 127 Å². The largest absolute Gasteiger partial charge is 0.348 e. The van der Waals surface area contributed by atoms with Crippen LogP contribution in [0.3, 0.4) is 0 Å². The normalized spacial score (nSPS) is 13.1. The number of hydrogen-bond donors (Lipinski definition) is 2. The van der Waals surface area contributed by atoms with Crippen molar-refractivity contribution in [1.82, 2.24) is 5.32 Å². The number of amides is 1. The summed E-state index contributed by atoms with van der Waals surface area (Å²) in [5.74, 6) is -0.217. The second-order valence-electron chi connectivity index (χ2n) is 4.73. The molecule has 3 rings (SSSR count). The number of carbonyl (C=O) groups is 1. The first-order valence-corrected chi connectivity index (χ1v) is 7.90.